The number of thiazole rings is 1. The van der Waals surface area contributed by atoms with Crippen LogP contribution in [0.3, 0.4) is 0 Å². The molecule has 3 aliphatic rings. The number of phenols is 1. The first-order valence-corrected chi connectivity index (χ1v) is 28.6. The summed E-state index contributed by atoms with van der Waals surface area (Å²) in [6.45, 7) is 20.0. The number of aromatic hydroxyl groups is 1. The van der Waals surface area contributed by atoms with Gasteiger partial charge in [-0.05, 0) is 117 Å². The number of carbonyl (C=O) groups excluding carboxylic acids is 4. The Morgan fingerprint density at radius 2 is 1.70 bits per heavy atom. The fourth-order valence-corrected chi connectivity index (χ4v) is 12.3. The smallest absolute Gasteiger partial charge is 0.319 e. The predicted molar refractivity (Wildman–Crippen MR) is 309 cm³/mol. The Labute approximate surface area is 475 Å². The molecule has 6 aromatic rings. The van der Waals surface area contributed by atoms with Crippen molar-refractivity contribution in [2.75, 3.05) is 64.0 Å². The van der Waals surface area contributed by atoms with Crippen LogP contribution >= 0.6 is 22.9 Å². The fraction of sp³-hybridized carbons (Fsp3) is 0.450. The SMILES string of the molecule is C=CC(=O)N1C[C@H](C)N(c2nc(OCCN3CCC(COCC(=O)N[C@H](C(=O)N4C[C@H](O)C[C@H]4C(=O)N[C@@H](C)c4ccc(-c5scnc5C)cc4)C(C)(C)C)CC3)nc3c(F)c(-c4cc(O)cc5ccccc45)c(Cl)cc23)C[C@H]1C. The molecule has 3 saturated heterocycles. The van der Waals surface area contributed by atoms with Crippen LogP contribution < -0.4 is 20.3 Å². The number of aryl methyl sites for hydroxylation is 1. The van der Waals surface area contributed by atoms with E-state index in [1.165, 1.54) is 17.0 Å². The second-order valence-corrected chi connectivity index (χ2v) is 23.8. The molecular formula is C60H71ClFN9O8S. The molecule has 4 amide bonds. The highest BCUT2D eigenvalue weighted by Gasteiger charge is 2.45. The maximum atomic E-state index is 17.3. The van der Waals surface area contributed by atoms with Crippen LogP contribution in [-0.2, 0) is 23.9 Å². The van der Waals surface area contributed by atoms with E-state index in [1.807, 2.05) is 107 Å². The number of piperazine rings is 1. The first kappa shape index (κ1) is 57.9. The van der Waals surface area contributed by atoms with Crippen LogP contribution in [-0.4, -0.2) is 153 Å². The van der Waals surface area contributed by atoms with Crippen molar-refractivity contribution in [1.29, 1.82) is 0 Å². The molecule has 0 aliphatic carbocycles. The van der Waals surface area contributed by atoms with E-state index in [2.05, 4.69) is 32.1 Å². The number of aliphatic hydroxyl groups is 1. The average molecular weight is 1130 g/mol. The monoisotopic (exact) mass is 1130 g/mol. The molecule has 0 spiro atoms. The van der Waals surface area contributed by atoms with Gasteiger partial charge in [-0.3, -0.25) is 24.1 Å². The first-order valence-electron chi connectivity index (χ1n) is 27.3. The molecule has 0 unspecified atom stereocenters. The van der Waals surface area contributed by atoms with Crippen molar-refractivity contribution in [3.63, 3.8) is 0 Å². The lowest BCUT2D eigenvalue weighted by atomic mass is 9.85. The summed E-state index contributed by atoms with van der Waals surface area (Å²) in [5.41, 5.74) is 4.46. The Kier molecular flexibility index (Phi) is 17.8. The molecule has 0 radical (unpaired) electrons. The molecule has 6 atom stereocenters. The van der Waals surface area contributed by atoms with Gasteiger partial charge >= 0.3 is 6.01 Å². The van der Waals surface area contributed by atoms with Gasteiger partial charge in [0.05, 0.1) is 39.9 Å². The molecule has 2 aromatic heterocycles. The zero-order valence-electron chi connectivity index (χ0n) is 46.4. The summed E-state index contributed by atoms with van der Waals surface area (Å²) in [7, 11) is 0. The lowest BCUT2D eigenvalue weighted by Crippen LogP contribution is -2.58. The van der Waals surface area contributed by atoms with E-state index in [9.17, 15) is 29.4 Å². The molecule has 3 fully saturated rings. The number of carbonyl (C=O) groups is 4. The maximum absolute atomic E-state index is 17.3. The molecule has 0 saturated carbocycles. The molecule has 80 heavy (non-hydrogen) atoms. The molecule has 3 aliphatic heterocycles. The van der Waals surface area contributed by atoms with Crippen LogP contribution in [0.15, 0.2) is 84.9 Å². The minimum atomic E-state index is -0.992. The number of β-amino-alcohol motifs (C(OH)–C–C–N with tert-alkyl or cyclic N) is 1. The van der Waals surface area contributed by atoms with Crippen molar-refractivity contribution in [3.05, 3.63) is 107 Å². The molecule has 5 heterocycles. The summed E-state index contributed by atoms with van der Waals surface area (Å²) < 4.78 is 29.5. The van der Waals surface area contributed by atoms with Gasteiger partial charge in [0.1, 0.15) is 42.4 Å². The number of likely N-dealkylation sites (tertiary alicyclic amines) is 2. The Morgan fingerprint density at radius 3 is 2.40 bits per heavy atom. The number of benzene rings is 4. The van der Waals surface area contributed by atoms with Crippen LogP contribution in [0.5, 0.6) is 11.8 Å². The van der Waals surface area contributed by atoms with Crippen LogP contribution in [0.25, 0.3) is 43.2 Å². The number of piperidine rings is 1. The summed E-state index contributed by atoms with van der Waals surface area (Å²) in [5, 5.41) is 29.3. The second kappa shape index (κ2) is 24.5. The highest BCUT2D eigenvalue weighted by molar-refractivity contribution is 7.13. The van der Waals surface area contributed by atoms with Crippen molar-refractivity contribution < 1.29 is 43.3 Å². The number of hydrogen-bond acceptors (Lipinski definition) is 14. The van der Waals surface area contributed by atoms with E-state index >= 15 is 4.39 Å². The van der Waals surface area contributed by atoms with Gasteiger partial charge in [-0.1, -0.05) is 87.5 Å². The Hall–Kier alpha value is -6.77. The van der Waals surface area contributed by atoms with Gasteiger partial charge in [0, 0.05) is 55.6 Å². The number of halogens is 2. The molecule has 0 bridgehead atoms. The van der Waals surface area contributed by atoms with Gasteiger partial charge in [-0.25, -0.2) is 9.37 Å². The number of hydrogen-bond donors (Lipinski definition) is 4. The van der Waals surface area contributed by atoms with Gasteiger partial charge in [0.25, 0.3) is 0 Å². The van der Waals surface area contributed by atoms with Gasteiger partial charge in [0.15, 0.2) is 5.82 Å². The summed E-state index contributed by atoms with van der Waals surface area (Å²) in [6, 6.07) is 17.3. The number of anilines is 1. The zero-order chi connectivity index (χ0) is 57.2. The first-order chi connectivity index (χ1) is 38.2. The lowest BCUT2D eigenvalue weighted by Gasteiger charge is -2.44. The molecule has 4 N–H and O–H groups in total. The molecular weight excluding hydrogens is 1060 g/mol. The molecule has 9 rings (SSSR count). The summed E-state index contributed by atoms with van der Waals surface area (Å²) in [5.74, 6) is -1.60. The number of nitrogens with one attached hydrogen (secondary N) is 2. The maximum Gasteiger partial charge on any atom is 0.319 e. The highest BCUT2D eigenvalue weighted by Crippen LogP contribution is 2.43. The van der Waals surface area contributed by atoms with Crippen molar-refractivity contribution in [2.24, 2.45) is 11.3 Å². The summed E-state index contributed by atoms with van der Waals surface area (Å²) in [4.78, 5) is 76.7. The third-order valence-corrected chi connectivity index (χ3v) is 16.9. The van der Waals surface area contributed by atoms with E-state index in [-0.39, 0.29) is 89.9 Å². The number of ether oxygens (including phenoxy) is 2. The predicted octanol–water partition coefficient (Wildman–Crippen LogP) is 8.47. The fourth-order valence-electron chi connectivity index (χ4n) is 11.2. The number of amides is 4. The summed E-state index contributed by atoms with van der Waals surface area (Å²) >= 11 is 8.55. The van der Waals surface area contributed by atoms with Crippen molar-refractivity contribution >= 4 is 74.1 Å². The number of fused-ring (bicyclic) bond motifs is 2. The molecule has 4 aromatic carbocycles. The number of nitrogens with zero attached hydrogens (tertiary/aromatic N) is 7. The normalized spacial score (nSPS) is 20.0. The van der Waals surface area contributed by atoms with Gasteiger partial charge in [-0.2, -0.15) is 9.97 Å². The quantitative estimate of drug-likeness (QED) is 0.0634. The van der Waals surface area contributed by atoms with Crippen LogP contribution in [0, 0.1) is 24.1 Å². The minimum Gasteiger partial charge on any atom is -0.508 e. The molecule has 17 nitrogen and oxygen atoms in total. The lowest BCUT2D eigenvalue weighted by molar-refractivity contribution is -0.144. The van der Waals surface area contributed by atoms with Gasteiger partial charge < -0.3 is 45.0 Å². The number of phenolic OH excluding ortho intramolecular Hbond substituents is 1. The largest absolute Gasteiger partial charge is 0.508 e. The van der Waals surface area contributed by atoms with E-state index in [0.717, 1.165) is 47.6 Å². The van der Waals surface area contributed by atoms with Crippen molar-refractivity contribution in [1.82, 2.24) is 40.3 Å². The highest BCUT2D eigenvalue weighted by atomic mass is 35.5. The standard InChI is InChI=1S/C60H71ClFN9O8S/c1-9-50(75)69-28-35(3)70(29-34(69)2)56-46-27-47(61)51(45-25-42(72)24-41-12-10-11-13-44(41)45)52(62)53(46)66-59(67-56)79-23-22-68-20-18-38(19-21-68)31-78-32-49(74)65-55(60(6,7)8)58(77)71-30-43(73)26-48(71)57(76)64-36(4)39-14-16-40(17-15-39)54-37(5)63-33-80-54/h9-17,24-25,27,33-36,38,43,48,55,72-73H,1,18-23,26,28-32H2,2-8H3,(H,64,76)(H,65,74)/t34-,35+,36+,43-,48+,55-/m1/s1. The molecule has 20 heteroatoms. The van der Waals surface area contributed by atoms with E-state index < -0.39 is 41.2 Å². The van der Waals surface area contributed by atoms with E-state index in [1.54, 1.807) is 28.4 Å². The number of aliphatic hydroxyl groups excluding tert-OH is 1. The van der Waals surface area contributed by atoms with Crippen molar-refractivity contribution in [2.45, 2.75) is 104 Å². The topological polar surface area (TPSA) is 203 Å². The van der Waals surface area contributed by atoms with Gasteiger partial charge in [-0.15, -0.1) is 11.3 Å². The number of rotatable bonds is 17. The van der Waals surface area contributed by atoms with Crippen LogP contribution in [0.2, 0.25) is 5.02 Å². The second-order valence-electron chi connectivity index (χ2n) is 22.6. The van der Waals surface area contributed by atoms with E-state index in [4.69, 9.17) is 26.1 Å². The van der Waals surface area contributed by atoms with E-state index in [0.29, 0.717) is 53.8 Å². The van der Waals surface area contributed by atoms with Crippen molar-refractivity contribution in [3.8, 4) is 33.3 Å². The average Bonchev–Trinajstić information content (AvgIpc) is 4.06. The Balaban J connectivity index is 0.793. The third kappa shape index (κ3) is 12.7. The van der Waals surface area contributed by atoms with Gasteiger partial charge in [0.2, 0.25) is 23.6 Å². The minimum absolute atomic E-state index is 0.00276. The summed E-state index contributed by atoms with van der Waals surface area (Å²) in [6.07, 6.45) is 2.08. The third-order valence-electron chi connectivity index (χ3n) is 15.7. The number of aromatic nitrogens is 3. The van der Waals surface area contributed by atoms with Crippen LogP contribution in [0.1, 0.15) is 78.1 Å². The van der Waals surface area contributed by atoms with Crippen LogP contribution in [0.4, 0.5) is 10.2 Å². The Bertz CT molecular complexity index is 3280. The molecule has 424 valence electrons. The Morgan fingerprint density at radius 1 is 0.963 bits per heavy atom. The zero-order valence-corrected chi connectivity index (χ0v) is 48.0.